The van der Waals surface area contributed by atoms with Gasteiger partial charge in [-0.05, 0) is 60.8 Å². The first-order valence-electron chi connectivity index (χ1n) is 11.4. The van der Waals surface area contributed by atoms with Crippen LogP contribution in [0.25, 0.3) is 10.2 Å². The van der Waals surface area contributed by atoms with Crippen LogP contribution in [0.3, 0.4) is 0 Å². The Morgan fingerprint density at radius 3 is 2.68 bits per heavy atom. The second-order valence-electron chi connectivity index (χ2n) is 9.94. The molecule has 5 nitrogen and oxygen atoms in total. The molecule has 34 heavy (non-hydrogen) atoms. The molecule has 0 saturated heterocycles. The summed E-state index contributed by atoms with van der Waals surface area (Å²) in [7, 11) is 0. The number of nitrogens with one attached hydrogen (secondary N) is 1. The van der Waals surface area contributed by atoms with Gasteiger partial charge in [0, 0.05) is 10.6 Å². The van der Waals surface area contributed by atoms with Crippen molar-refractivity contribution in [2.24, 2.45) is 11.3 Å². The SMILES string of the molecule is CCC(C(=O)Nc1cccc(C(F)(F)F)c1)n1cnc2sc3c(c2c1=O)CCC(C(C)(C)C)C3. The molecule has 2 heterocycles. The second-order valence-corrected chi connectivity index (χ2v) is 11.0. The number of carbonyl (C=O) groups is 1. The Bertz CT molecular complexity index is 1290. The Morgan fingerprint density at radius 2 is 2.03 bits per heavy atom. The van der Waals surface area contributed by atoms with Crippen molar-refractivity contribution in [2.45, 2.75) is 65.6 Å². The smallest absolute Gasteiger partial charge is 0.324 e. The van der Waals surface area contributed by atoms with E-state index in [2.05, 4.69) is 31.1 Å². The van der Waals surface area contributed by atoms with Crippen molar-refractivity contribution in [2.75, 3.05) is 5.32 Å². The third-order valence-corrected chi connectivity index (χ3v) is 7.86. The number of anilines is 1. The van der Waals surface area contributed by atoms with Crippen LogP contribution in [0.5, 0.6) is 0 Å². The molecular weight excluding hydrogens is 463 g/mol. The number of hydrogen-bond donors (Lipinski definition) is 1. The summed E-state index contributed by atoms with van der Waals surface area (Å²) < 4.78 is 40.4. The summed E-state index contributed by atoms with van der Waals surface area (Å²) in [4.78, 5) is 32.8. The quantitative estimate of drug-likeness (QED) is 0.471. The molecule has 0 radical (unpaired) electrons. The van der Waals surface area contributed by atoms with E-state index in [-0.39, 0.29) is 23.1 Å². The van der Waals surface area contributed by atoms with Crippen molar-refractivity contribution < 1.29 is 18.0 Å². The monoisotopic (exact) mass is 491 g/mol. The van der Waals surface area contributed by atoms with Crippen molar-refractivity contribution in [1.29, 1.82) is 0 Å². The lowest BCUT2D eigenvalue weighted by molar-refractivity contribution is -0.137. The van der Waals surface area contributed by atoms with Gasteiger partial charge in [-0.25, -0.2) is 4.98 Å². The number of aromatic nitrogens is 2. The van der Waals surface area contributed by atoms with E-state index in [0.29, 0.717) is 16.1 Å². The van der Waals surface area contributed by atoms with Crippen molar-refractivity contribution >= 4 is 33.1 Å². The maximum absolute atomic E-state index is 13.5. The highest BCUT2D eigenvalue weighted by Gasteiger charge is 2.33. The molecule has 2 aromatic heterocycles. The molecule has 0 spiro atoms. The zero-order chi connectivity index (χ0) is 24.8. The van der Waals surface area contributed by atoms with Crippen LogP contribution in [0.1, 0.15) is 62.6 Å². The lowest BCUT2D eigenvalue weighted by Gasteiger charge is -2.33. The molecule has 1 N–H and O–H groups in total. The zero-order valence-electron chi connectivity index (χ0n) is 19.6. The number of fused-ring (bicyclic) bond motifs is 3. The standard InChI is InChI=1S/C25H28F3N3O2S/c1-5-18(21(32)30-16-8-6-7-15(11-16)25(26,27)28)31-13-29-22-20(23(31)33)17-10-9-14(24(2,3)4)12-19(17)34-22/h6-8,11,13-14,18H,5,9-10,12H2,1-4H3,(H,30,32). The number of hydrogen-bond acceptors (Lipinski definition) is 4. The van der Waals surface area contributed by atoms with Crippen LogP contribution in [0.15, 0.2) is 35.4 Å². The van der Waals surface area contributed by atoms with Gasteiger partial charge < -0.3 is 5.32 Å². The molecule has 0 fully saturated rings. The highest BCUT2D eigenvalue weighted by Crippen LogP contribution is 2.42. The molecule has 4 rings (SSSR count). The number of nitrogens with zero attached hydrogens (tertiary/aromatic N) is 2. The number of halogens is 3. The minimum atomic E-state index is -4.51. The molecule has 2 atom stereocenters. The first kappa shape index (κ1) is 24.4. The average Bonchev–Trinajstić information content (AvgIpc) is 3.13. The summed E-state index contributed by atoms with van der Waals surface area (Å²) in [5, 5.41) is 3.10. The van der Waals surface area contributed by atoms with E-state index in [1.54, 1.807) is 18.3 Å². The maximum atomic E-state index is 13.5. The summed E-state index contributed by atoms with van der Waals surface area (Å²) in [5.74, 6) is -0.0288. The van der Waals surface area contributed by atoms with Gasteiger partial charge in [0.2, 0.25) is 5.91 Å². The van der Waals surface area contributed by atoms with E-state index in [9.17, 15) is 22.8 Å². The van der Waals surface area contributed by atoms with Crippen LogP contribution in [-0.2, 0) is 23.8 Å². The lowest BCUT2D eigenvalue weighted by Crippen LogP contribution is -2.33. The van der Waals surface area contributed by atoms with Crippen molar-refractivity contribution in [3.63, 3.8) is 0 Å². The van der Waals surface area contributed by atoms with Crippen LogP contribution in [0.2, 0.25) is 0 Å². The van der Waals surface area contributed by atoms with E-state index in [1.807, 2.05) is 0 Å². The van der Waals surface area contributed by atoms with E-state index >= 15 is 0 Å². The predicted octanol–water partition coefficient (Wildman–Crippen LogP) is 6.22. The van der Waals surface area contributed by atoms with Gasteiger partial charge in [-0.2, -0.15) is 13.2 Å². The second kappa shape index (κ2) is 8.83. The Labute approximate surface area is 200 Å². The maximum Gasteiger partial charge on any atom is 0.416 e. The largest absolute Gasteiger partial charge is 0.416 e. The van der Waals surface area contributed by atoms with Gasteiger partial charge in [0.1, 0.15) is 10.9 Å². The number of carbonyl (C=O) groups excluding carboxylic acids is 1. The van der Waals surface area contributed by atoms with Crippen LogP contribution in [0, 0.1) is 11.3 Å². The molecule has 1 aliphatic carbocycles. The highest BCUT2D eigenvalue weighted by molar-refractivity contribution is 7.18. The summed E-state index contributed by atoms with van der Waals surface area (Å²) in [6.07, 6.45) is -0.146. The van der Waals surface area contributed by atoms with Gasteiger partial charge in [0.25, 0.3) is 5.56 Å². The van der Waals surface area contributed by atoms with Gasteiger partial charge in [0.15, 0.2) is 0 Å². The molecule has 2 unspecified atom stereocenters. The summed E-state index contributed by atoms with van der Waals surface area (Å²) >= 11 is 1.55. The number of amides is 1. The van der Waals surface area contributed by atoms with E-state index in [1.165, 1.54) is 27.9 Å². The van der Waals surface area contributed by atoms with Gasteiger partial charge in [-0.3, -0.25) is 14.2 Å². The average molecular weight is 492 g/mol. The molecule has 1 aromatic carbocycles. The number of rotatable bonds is 4. The molecule has 1 amide bonds. The highest BCUT2D eigenvalue weighted by atomic mass is 32.1. The van der Waals surface area contributed by atoms with Crippen molar-refractivity contribution in [3.05, 3.63) is 57.0 Å². The Hall–Kier alpha value is -2.68. The number of benzene rings is 1. The van der Waals surface area contributed by atoms with Crippen molar-refractivity contribution in [1.82, 2.24) is 9.55 Å². The molecule has 9 heteroatoms. The summed E-state index contributed by atoms with van der Waals surface area (Å²) in [6, 6.07) is 3.57. The third kappa shape index (κ3) is 4.62. The van der Waals surface area contributed by atoms with Gasteiger partial charge >= 0.3 is 6.18 Å². The minimum absolute atomic E-state index is 0.0292. The van der Waals surface area contributed by atoms with Crippen LogP contribution in [0.4, 0.5) is 18.9 Å². The molecule has 0 aliphatic heterocycles. The zero-order valence-corrected chi connectivity index (χ0v) is 20.4. The fourth-order valence-corrected chi connectivity index (χ4v) is 5.91. The molecule has 182 valence electrons. The molecule has 0 saturated carbocycles. The molecular formula is C25H28F3N3O2S. The fraction of sp³-hybridized carbons (Fsp3) is 0.480. The number of thiophene rings is 1. The van der Waals surface area contributed by atoms with E-state index in [0.717, 1.165) is 37.0 Å². The van der Waals surface area contributed by atoms with Crippen LogP contribution in [-0.4, -0.2) is 15.5 Å². The van der Waals surface area contributed by atoms with Gasteiger partial charge in [0.05, 0.1) is 17.3 Å². The number of alkyl halides is 3. The molecule has 3 aromatic rings. The summed E-state index contributed by atoms with van der Waals surface area (Å²) in [5.41, 5.74) is 0.109. The minimum Gasteiger partial charge on any atom is -0.324 e. The van der Waals surface area contributed by atoms with E-state index in [4.69, 9.17) is 0 Å². The lowest BCUT2D eigenvalue weighted by atomic mass is 9.72. The normalized spacial score (nSPS) is 17.4. The Balaban J connectivity index is 1.65. The third-order valence-electron chi connectivity index (χ3n) is 6.70. The Morgan fingerprint density at radius 1 is 1.29 bits per heavy atom. The Kier molecular flexibility index (Phi) is 6.35. The van der Waals surface area contributed by atoms with Crippen LogP contribution < -0.4 is 10.9 Å². The summed E-state index contributed by atoms with van der Waals surface area (Å²) in [6.45, 7) is 8.45. The topological polar surface area (TPSA) is 64.0 Å². The fourth-order valence-electron chi connectivity index (χ4n) is 4.65. The van der Waals surface area contributed by atoms with Gasteiger partial charge in [-0.15, -0.1) is 11.3 Å². The molecule has 0 bridgehead atoms. The number of aryl methyl sites for hydroxylation is 1. The predicted molar refractivity (Wildman–Crippen MR) is 128 cm³/mol. The first-order valence-corrected chi connectivity index (χ1v) is 12.2. The van der Waals surface area contributed by atoms with Gasteiger partial charge in [-0.1, -0.05) is 33.8 Å². The van der Waals surface area contributed by atoms with E-state index < -0.39 is 23.7 Å². The van der Waals surface area contributed by atoms with Crippen LogP contribution >= 0.6 is 11.3 Å². The first-order chi connectivity index (χ1) is 15.9. The molecule has 1 aliphatic rings. The van der Waals surface area contributed by atoms with Crippen molar-refractivity contribution in [3.8, 4) is 0 Å².